The number of hydrogen-bond acceptors (Lipinski definition) is 0. The van der Waals surface area contributed by atoms with Crippen LogP contribution in [-0.2, 0) is 0 Å². The molecule has 11 aromatic rings. The smallest absolute Gasteiger partial charge is 0.0547 e. The van der Waals surface area contributed by atoms with Crippen molar-refractivity contribution in [3.63, 3.8) is 0 Å². The van der Waals surface area contributed by atoms with Crippen LogP contribution in [0.4, 0.5) is 0 Å². The van der Waals surface area contributed by atoms with Crippen molar-refractivity contribution < 1.29 is 0 Å². The average molecular weight is 713 g/mol. The molecule has 0 spiro atoms. The van der Waals surface area contributed by atoms with E-state index >= 15 is 0 Å². The number of fused-ring (bicyclic) bond motifs is 6. The zero-order valence-electron chi connectivity index (χ0n) is 30.7. The van der Waals surface area contributed by atoms with E-state index in [2.05, 4.69) is 228 Å². The van der Waals surface area contributed by atoms with Crippen LogP contribution in [0.2, 0.25) is 0 Å². The maximum atomic E-state index is 2.43. The summed E-state index contributed by atoms with van der Waals surface area (Å²) in [4.78, 5) is 0. The highest BCUT2D eigenvalue weighted by molar-refractivity contribution is 6.12. The average Bonchev–Trinajstić information content (AvgIpc) is 3.79. The molecule has 0 aliphatic carbocycles. The third kappa shape index (κ3) is 5.34. The van der Waals surface area contributed by atoms with Crippen molar-refractivity contribution in [2.45, 2.75) is 0 Å². The Kier molecular flexibility index (Phi) is 7.53. The molecule has 9 aromatic carbocycles. The fraction of sp³-hybridized carbons (Fsp3) is 0. The van der Waals surface area contributed by atoms with Crippen LogP contribution in [0, 0.1) is 0 Å². The molecular weight excluding hydrogens is 677 g/mol. The number of hydrogen-bond donors (Lipinski definition) is 0. The molecule has 0 aliphatic rings. The third-order valence-electron chi connectivity index (χ3n) is 11.3. The third-order valence-corrected chi connectivity index (χ3v) is 11.3. The predicted octanol–water partition coefficient (Wildman–Crippen LogP) is 14.5. The fourth-order valence-corrected chi connectivity index (χ4v) is 8.63. The molecule has 262 valence electrons. The zero-order valence-corrected chi connectivity index (χ0v) is 30.7. The molecule has 0 saturated heterocycles. The molecule has 2 heterocycles. The van der Waals surface area contributed by atoms with Gasteiger partial charge >= 0.3 is 0 Å². The number of para-hydroxylation sites is 3. The van der Waals surface area contributed by atoms with Gasteiger partial charge in [0.25, 0.3) is 0 Å². The van der Waals surface area contributed by atoms with E-state index in [-0.39, 0.29) is 0 Å². The van der Waals surface area contributed by atoms with E-state index in [9.17, 15) is 0 Å². The van der Waals surface area contributed by atoms with Crippen molar-refractivity contribution in [2.75, 3.05) is 0 Å². The number of benzene rings is 9. The molecule has 0 unspecified atom stereocenters. The second kappa shape index (κ2) is 13.2. The molecule has 0 N–H and O–H groups in total. The maximum Gasteiger partial charge on any atom is 0.0547 e. The van der Waals surface area contributed by atoms with Crippen molar-refractivity contribution in [3.8, 4) is 55.9 Å². The van der Waals surface area contributed by atoms with Crippen molar-refractivity contribution in [1.82, 2.24) is 9.13 Å². The molecule has 0 atom stereocenters. The van der Waals surface area contributed by atoms with E-state index in [1.807, 2.05) is 0 Å². The lowest BCUT2D eigenvalue weighted by molar-refractivity contribution is 1.18. The topological polar surface area (TPSA) is 9.86 Å². The van der Waals surface area contributed by atoms with Gasteiger partial charge in [-0.1, -0.05) is 158 Å². The predicted molar refractivity (Wildman–Crippen MR) is 237 cm³/mol. The van der Waals surface area contributed by atoms with Crippen LogP contribution in [0.3, 0.4) is 0 Å². The first-order valence-electron chi connectivity index (χ1n) is 19.3. The first-order chi connectivity index (χ1) is 27.8. The molecule has 2 nitrogen and oxygen atoms in total. The van der Waals surface area contributed by atoms with Crippen LogP contribution in [0.15, 0.2) is 218 Å². The first-order valence-corrected chi connectivity index (χ1v) is 19.3. The molecule has 0 bridgehead atoms. The minimum atomic E-state index is 1.14. The normalized spacial score (nSPS) is 11.6. The van der Waals surface area contributed by atoms with Crippen molar-refractivity contribution in [2.24, 2.45) is 0 Å². The molecule has 2 aromatic heterocycles. The Morgan fingerprint density at radius 1 is 0.196 bits per heavy atom. The second-order valence-electron chi connectivity index (χ2n) is 14.6. The molecule has 11 rings (SSSR count). The van der Waals surface area contributed by atoms with Crippen LogP contribution in [-0.4, -0.2) is 9.13 Å². The largest absolute Gasteiger partial charge is 0.309 e. The molecule has 0 amide bonds. The van der Waals surface area contributed by atoms with E-state index in [0.717, 1.165) is 11.4 Å². The maximum absolute atomic E-state index is 2.43. The highest BCUT2D eigenvalue weighted by Gasteiger charge is 2.17. The van der Waals surface area contributed by atoms with Gasteiger partial charge in [-0.25, -0.2) is 0 Å². The Labute approximate surface area is 325 Å². The van der Waals surface area contributed by atoms with E-state index in [0.29, 0.717) is 0 Å². The number of aromatic nitrogens is 2. The van der Waals surface area contributed by atoms with Gasteiger partial charge in [0.05, 0.1) is 22.1 Å². The summed E-state index contributed by atoms with van der Waals surface area (Å²) in [5.74, 6) is 0. The summed E-state index contributed by atoms with van der Waals surface area (Å²) in [6, 6.07) is 79.5. The van der Waals surface area contributed by atoms with Crippen molar-refractivity contribution >= 4 is 43.6 Å². The lowest BCUT2D eigenvalue weighted by atomic mass is 9.95. The summed E-state index contributed by atoms with van der Waals surface area (Å²) >= 11 is 0. The molecule has 0 aliphatic heterocycles. The summed E-state index contributed by atoms with van der Waals surface area (Å²) in [6.45, 7) is 0. The Bertz CT molecular complexity index is 3150. The molecule has 2 heteroatoms. The van der Waals surface area contributed by atoms with Gasteiger partial charge in [-0.2, -0.15) is 0 Å². The Morgan fingerprint density at radius 2 is 0.607 bits per heavy atom. The van der Waals surface area contributed by atoms with Crippen LogP contribution < -0.4 is 0 Å². The lowest BCUT2D eigenvalue weighted by Crippen LogP contribution is -1.96. The van der Waals surface area contributed by atoms with Gasteiger partial charge in [-0.3, -0.25) is 0 Å². The summed E-state index contributed by atoms with van der Waals surface area (Å²) in [7, 11) is 0. The van der Waals surface area contributed by atoms with Crippen molar-refractivity contribution in [3.05, 3.63) is 218 Å². The standard InChI is InChI=1S/C54H36N2/c1-4-14-37(15-5-1)39-24-26-40(27-25-39)43-32-44(34-46(33-43)56-51-22-12-10-20-47(51)48-21-11-13-23-52(48)56)42-28-30-49-50-35-41(38-16-6-2-7-17-38)29-31-53(50)55(54(49)36-42)45-18-8-3-9-19-45/h1-36H. The minimum Gasteiger partial charge on any atom is -0.309 e. The molecule has 0 saturated carbocycles. The van der Waals surface area contributed by atoms with Crippen molar-refractivity contribution in [1.29, 1.82) is 0 Å². The van der Waals surface area contributed by atoms with Gasteiger partial charge in [-0.05, 0) is 105 Å². The summed E-state index contributed by atoms with van der Waals surface area (Å²) in [6.07, 6.45) is 0. The second-order valence-corrected chi connectivity index (χ2v) is 14.6. The molecule has 56 heavy (non-hydrogen) atoms. The first kappa shape index (κ1) is 32.0. The van der Waals surface area contributed by atoms with Gasteiger partial charge < -0.3 is 9.13 Å². The van der Waals surface area contributed by atoms with Crippen LogP contribution in [0.25, 0.3) is 99.5 Å². The Hall–Kier alpha value is -7.42. The zero-order chi connectivity index (χ0) is 37.0. The highest BCUT2D eigenvalue weighted by Crippen LogP contribution is 2.40. The van der Waals surface area contributed by atoms with Gasteiger partial charge in [0.15, 0.2) is 0 Å². The van der Waals surface area contributed by atoms with E-state index in [1.54, 1.807) is 0 Å². The quantitative estimate of drug-likeness (QED) is 0.162. The molecular formula is C54H36N2. The Balaban J connectivity index is 1.15. The fourth-order valence-electron chi connectivity index (χ4n) is 8.63. The summed E-state index contributed by atoms with van der Waals surface area (Å²) < 4.78 is 4.85. The van der Waals surface area contributed by atoms with Crippen LogP contribution in [0.1, 0.15) is 0 Å². The van der Waals surface area contributed by atoms with Crippen LogP contribution in [0.5, 0.6) is 0 Å². The monoisotopic (exact) mass is 712 g/mol. The molecule has 0 fully saturated rings. The van der Waals surface area contributed by atoms with Gasteiger partial charge in [0.1, 0.15) is 0 Å². The number of nitrogens with zero attached hydrogens (tertiary/aromatic N) is 2. The minimum absolute atomic E-state index is 1.14. The van der Waals surface area contributed by atoms with Gasteiger partial charge in [0.2, 0.25) is 0 Å². The summed E-state index contributed by atoms with van der Waals surface area (Å²) in [5, 5.41) is 4.99. The Morgan fingerprint density at radius 3 is 1.25 bits per heavy atom. The summed E-state index contributed by atoms with van der Waals surface area (Å²) in [5.41, 5.74) is 16.6. The van der Waals surface area contributed by atoms with E-state index < -0.39 is 0 Å². The SMILES string of the molecule is c1ccc(-c2ccc(-c3cc(-c4ccc5c6cc(-c7ccccc7)ccc6n(-c6ccccc6)c5c4)cc(-n4c5ccccc5c5ccccc54)c3)cc2)cc1. The lowest BCUT2D eigenvalue weighted by Gasteiger charge is -2.15. The molecule has 0 radical (unpaired) electrons. The van der Waals surface area contributed by atoms with Crippen LogP contribution >= 0.6 is 0 Å². The van der Waals surface area contributed by atoms with Gasteiger partial charge in [0, 0.05) is 32.9 Å². The van der Waals surface area contributed by atoms with E-state index in [1.165, 1.54) is 88.1 Å². The highest BCUT2D eigenvalue weighted by atomic mass is 15.0. The number of rotatable bonds is 6. The van der Waals surface area contributed by atoms with Gasteiger partial charge in [-0.15, -0.1) is 0 Å². The van der Waals surface area contributed by atoms with E-state index in [4.69, 9.17) is 0 Å².